The molecular formula is C14H24N2O2. The highest BCUT2D eigenvalue weighted by Gasteiger charge is 2.31. The Morgan fingerprint density at radius 1 is 1.17 bits per heavy atom. The maximum Gasteiger partial charge on any atom is 0.127 e. The van der Waals surface area contributed by atoms with Crippen LogP contribution in [0.3, 0.4) is 0 Å². The maximum absolute atomic E-state index is 6.38. The smallest absolute Gasteiger partial charge is 0.127 e. The number of ether oxygens (including phenoxy) is 2. The van der Waals surface area contributed by atoms with E-state index in [1.807, 2.05) is 32.3 Å². The molecule has 0 saturated heterocycles. The Morgan fingerprint density at radius 3 is 2.22 bits per heavy atom. The second kappa shape index (κ2) is 5.59. The first kappa shape index (κ1) is 14.8. The third-order valence-electron chi connectivity index (χ3n) is 3.69. The summed E-state index contributed by atoms with van der Waals surface area (Å²) in [6.45, 7) is 4.22. The van der Waals surface area contributed by atoms with Gasteiger partial charge in [0, 0.05) is 17.2 Å². The summed E-state index contributed by atoms with van der Waals surface area (Å²) in [4.78, 5) is 2.11. The lowest BCUT2D eigenvalue weighted by molar-refractivity contribution is 0.157. The molecule has 4 nitrogen and oxygen atoms in total. The van der Waals surface area contributed by atoms with Gasteiger partial charge < -0.3 is 20.1 Å². The van der Waals surface area contributed by atoms with Crippen molar-refractivity contribution in [3.63, 3.8) is 0 Å². The first-order valence-corrected chi connectivity index (χ1v) is 5.99. The lowest BCUT2D eigenvalue weighted by Crippen LogP contribution is -2.47. The van der Waals surface area contributed by atoms with Crippen LogP contribution in [0, 0.1) is 0 Å². The maximum atomic E-state index is 6.38. The Balaban J connectivity index is 3.16. The molecule has 0 aliphatic carbocycles. The van der Waals surface area contributed by atoms with Crippen LogP contribution < -0.4 is 15.2 Å². The Bertz CT molecular complexity index is 403. The number of nitrogens with two attached hydrogens (primary N) is 1. The van der Waals surface area contributed by atoms with Crippen molar-refractivity contribution in [3.8, 4) is 11.5 Å². The molecule has 0 aliphatic rings. The average molecular weight is 252 g/mol. The second-order valence-corrected chi connectivity index (χ2v) is 5.13. The number of nitrogens with zero attached hydrogens (tertiary/aromatic N) is 1. The zero-order valence-corrected chi connectivity index (χ0v) is 12.2. The van der Waals surface area contributed by atoms with Crippen molar-refractivity contribution in [2.75, 3.05) is 28.3 Å². The number of methoxy groups -OCH3 is 2. The van der Waals surface area contributed by atoms with E-state index in [-0.39, 0.29) is 11.6 Å². The van der Waals surface area contributed by atoms with E-state index in [0.29, 0.717) is 0 Å². The Morgan fingerprint density at radius 2 is 1.78 bits per heavy atom. The van der Waals surface area contributed by atoms with Crippen molar-refractivity contribution in [2.45, 2.75) is 25.4 Å². The van der Waals surface area contributed by atoms with E-state index in [9.17, 15) is 0 Å². The minimum Gasteiger partial charge on any atom is -0.497 e. The van der Waals surface area contributed by atoms with E-state index < -0.39 is 0 Å². The van der Waals surface area contributed by atoms with Crippen molar-refractivity contribution < 1.29 is 9.47 Å². The highest BCUT2D eigenvalue weighted by molar-refractivity contribution is 5.43. The number of likely N-dealkylation sites (N-methyl/N-ethyl adjacent to an activating group) is 1. The molecule has 1 atom stereocenters. The summed E-state index contributed by atoms with van der Waals surface area (Å²) in [6.07, 6.45) is 0. The third kappa shape index (κ3) is 2.76. The second-order valence-electron chi connectivity index (χ2n) is 5.13. The summed E-state index contributed by atoms with van der Waals surface area (Å²) in [5.74, 6) is 1.53. The summed E-state index contributed by atoms with van der Waals surface area (Å²) in [6, 6.07) is 5.59. The van der Waals surface area contributed by atoms with E-state index in [4.69, 9.17) is 15.2 Å². The van der Waals surface area contributed by atoms with E-state index in [1.165, 1.54) is 0 Å². The van der Waals surface area contributed by atoms with Crippen LogP contribution in [0.2, 0.25) is 0 Å². The van der Waals surface area contributed by atoms with Crippen LogP contribution in [0.25, 0.3) is 0 Å². The summed E-state index contributed by atoms with van der Waals surface area (Å²) in [5.41, 5.74) is 7.20. The molecule has 0 bridgehead atoms. The Kier molecular flexibility index (Phi) is 4.59. The molecular weight excluding hydrogens is 228 g/mol. The zero-order chi connectivity index (χ0) is 13.9. The van der Waals surface area contributed by atoms with Gasteiger partial charge in [0.05, 0.1) is 20.3 Å². The zero-order valence-electron chi connectivity index (χ0n) is 12.2. The molecule has 0 radical (unpaired) electrons. The molecule has 0 spiro atoms. The van der Waals surface area contributed by atoms with Gasteiger partial charge in [-0.05, 0) is 34.0 Å². The topological polar surface area (TPSA) is 47.7 Å². The molecule has 0 aromatic heterocycles. The molecule has 102 valence electrons. The molecule has 4 heteroatoms. The largest absolute Gasteiger partial charge is 0.497 e. The number of hydrogen-bond donors (Lipinski definition) is 1. The van der Waals surface area contributed by atoms with Crippen LogP contribution in [0.5, 0.6) is 11.5 Å². The first-order valence-electron chi connectivity index (χ1n) is 5.99. The lowest BCUT2D eigenvalue weighted by Gasteiger charge is -2.38. The number of rotatable bonds is 5. The fourth-order valence-corrected chi connectivity index (χ4v) is 1.73. The molecule has 1 rings (SSSR count). The minimum absolute atomic E-state index is 0.145. The van der Waals surface area contributed by atoms with Crippen molar-refractivity contribution in [1.82, 2.24) is 4.90 Å². The van der Waals surface area contributed by atoms with Crippen molar-refractivity contribution in [1.29, 1.82) is 0 Å². The molecule has 1 aromatic carbocycles. The molecule has 0 heterocycles. The fourth-order valence-electron chi connectivity index (χ4n) is 1.73. The predicted molar refractivity (Wildman–Crippen MR) is 74.2 cm³/mol. The van der Waals surface area contributed by atoms with Crippen molar-refractivity contribution >= 4 is 0 Å². The van der Waals surface area contributed by atoms with Crippen LogP contribution >= 0.6 is 0 Å². The van der Waals surface area contributed by atoms with Crippen LogP contribution in [-0.4, -0.2) is 38.8 Å². The standard InChI is InChI=1S/C14H24N2O2/c1-14(2,16(3)4)13(15)11-8-7-10(17-5)9-12(11)18-6/h7-9,13H,15H2,1-6H3. The molecule has 0 amide bonds. The van der Waals surface area contributed by atoms with Gasteiger partial charge in [-0.15, -0.1) is 0 Å². The quantitative estimate of drug-likeness (QED) is 0.871. The summed E-state index contributed by atoms with van der Waals surface area (Å²) < 4.78 is 10.6. The highest BCUT2D eigenvalue weighted by atomic mass is 16.5. The van der Waals surface area contributed by atoms with Gasteiger partial charge in [0.1, 0.15) is 11.5 Å². The van der Waals surface area contributed by atoms with Gasteiger partial charge >= 0.3 is 0 Å². The van der Waals surface area contributed by atoms with Gasteiger partial charge in [0.25, 0.3) is 0 Å². The number of hydrogen-bond acceptors (Lipinski definition) is 4. The molecule has 2 N–H and O–H groups in total. The summed E-state index contributed by atoms with van der Waals surface area (Å²) in [7, 11) is 7.33. The highest BCUT2D eigenvalue weighted by Crippen LogP contribution is 2.35. The monoisotopic (exact) mass is 252 g/mol. The fraction of sp³-hybridized carbons (Fsp3) is 0.571. The van der Waals surface area contributed by atoms with Gasteiger partial charge in [0.2, 0.25) is 0 Å². The van der Waals surface area contributed by atoms with Gasteiger partial charge in [-0.25, -0.2) is 0 Å². The van der Waals surface area contributed by atoms with Crippen LogP contribution in [-0.2, 0) is 0 Å². The SMILES string of the molecule is COc1ccc(C(N)C(C)(C)N(C)C)c(OC)c1. The van der Waals surface area contributed by atoms with E-state index in [2.05, 4.69) is 18.7 Å². The third-order valence-corrected chi connectivity index (χ3v) is 3.69. The molecule has 0 saturated carbocycles. The van der Waals surface area contributed by atoms with E-state index >= 15 is 0 Å². The summed E-state index contributed by atoms with van der Waals surface area (Å²) in [5, 5.41) is 0. The van der Waals surface area contributed by atoms with E-state index in [0.717, 1.165) is 17.1 Å². The van der Waals surface area contributed by atoms with E-state index in [1.54, 1.807) is 14.2 Å². The molecule has 18 heavy (non-hydrogen) atoms. The van der Waals surface area contributed by atoms with Crippen LogP contribution in [0.4, 0.5) is 0 Å². The van der Waals surface area contributed by atoms with Gasteiger partial charge in [-0.2, -0.15) is 0 Å². The van der Waals surface area contributed by atoms with Crippen LogP contribution in [0.1, 0.15) is 25.5 Å². The molecule has 0 fully saturated rings. The minimum atomic E-state index is -0.165. The van der Waals surface area contributed by atoms with Gasteiger partial charge in [-0.3, -0.25) is 0 Å². The normalized spacial score (nSPS) is 13.6. The summed E-state index contributed by atoms with van der Waals surface area (Å²) >= 11 is 0. The number of benzene rings is 1. The van der Waals surface area contributed by atoms with Crippen molar-refractivity contribution in [2.24, 2.45) is 5.73 Å². The van der Waals surface area contributed by atoms with Crippen molar-refractivity contribution in [3.05, 3.63) is 23.8 Å². The Labute approximate surface area is 110 Å². The molecule has 1 aromatic rings. The Hall–Kier alpha value is -1.26. The predicted octanol–water partition coefficient (Wildman–Crippen LogP) is 2.04. The first-order chi connectivity index (χ1) is 8.34. The molecule has 1 unspecified atom stereocenters. The van der Waals surface area contributed by atoms with Gasteiger partial charge in [-0.1, -0.05) is 6.07 Å². The lowest BCUT2D eigenvalue weighted by atomic mass is 9.87. The average Bonchev–Trinajstić information content (AvgIpc) is 2.36. The molecule has 0 aliphatic heterocycles. The van der Waals surface area contributed by atoms with Gasteiger partial charge in [0.15, 0.2) is 0 Å². The van der Waals surface area contributed by atoms with Crippen LogP contribution in [0.15, 0.2) is 18.2 Å².